The van der Waals surface area contributed by atoms with Gasteiger partial charge in [0.2, 0.25) is 11.8 Å². The second kappa shape index (κ2) is 7.83. The van der Waals surface area contributed by atoms with Gasteiger partial charge in [0.05, 0.1) is 13.2 Å². The second-order valence-corrected chi connectivity index (χ2v) is 7.71. The van der Waals surface area contributed by atoms with Crippen molar-refractivity contribution in [2.75, 3.05) is 39.5 Å². The number of ether oxygens (including phenoxy) is 2. The van der Waals surface area contributed by atoms with Gasteiger partial charge >= 0.3 is 0 Å². The predicted molar refractivity (Wildman–Crippen MR) is 89.4 cm³/mol. The Labute approximate surface area is 144 Å². The molecule has 0 aromatic rings. The highest BCUT2D eigenvalue weighted by molar-refractivity contribution is 5.80. The summed E-state index contributed by atoms with van der Waals surface area (Å²) < 4.78 is 11.0. The van der Waals surface area contributed by atoms with Gasteiger partial charge in [-0.15, -0.1) is 0 Å². The summed E-state index contributed by atoms with van der Waals surface area (Å²) >= 11 is 0. The molecule has 136 valence electrons. The van der Waals surface area contributed by atoms with E-state index in [9.17, 15) is 9.59 Å². The largest absolute Gasteiger partial charge is 0.371 e. The van der Waals surface area contributed by atoms with Gasteiger partial charge in [0.15, 0.2) is 0 Å². The average molecular weight is 338 g/mol. The maximum atomic E-state index is 12.4. The van der Waals surface area contributed by atoms with Gasteiger partial charge in [-0.3, -0.25) is 9.59 Å². The van der Waals surface area contributed by atoms with Gasteiger partial charge in [-0.2, -0.15) is 0 Å². The van der Waals surface area contributed by atoms with Gasteiger partial charge in [-0.05, 0) is 51.4 Å². The lowest BCUT2D eigenvalue weighted by molar-refractivity contribution is -0.151. The first kappa shape index (κ1) is 17.7. The SMILES string of the molecule is C[C@@H]1CN(C(=O)COCC2CC2)[C@H](C)CN1C(=O)COCC1CC1. The Morgan fingerprint density at radius 1 is 0.792 bits per heavy atom. The zero-order valence-corrected chi connectivity index (χ0v) is 14.9. The van der Waals surface area contributed by atoms with Crippen LogP contribution in [0.25, 0.3) is 0 Å². The summed E-state index contributed by atoms with van der Waals surface area (Å²) in [5, 5.41) is 0. The van der Waals surface area contributed by atoms with Crippen molar-refractivity contribution in [3.8, 4) is 0 Å². The third-order valence-electron chi connectivity index (χ3n) is 5.18. The molecule has 0 aromatic carbocycles. The van der Waals surface area contributed by atoms with Crippen molar-refractivity contribution in [1.29, 1.82) is 0 Å². The van der Waals surface area contributed by atoms with Crippen molar-refractivity contribution in [1.82, 2.24) is 9.80 Å². The molecule has 0 N–H and O–H groups in total. The Balaban J connectivity index is 1.41. The molecule has 2 aliphatic carbocycles. The Kier molecular flexibility index (Phi) is 5.76. The molecule has 0 aromatic heterocycles. The van der Waals surface area contributed by atoms with Gasteiger partial charge in [0.1, 0.15) is 13.2 Å². The van der Waals surface area contributed by atoms with Crippen LogP contribution in [0, 0.1) is 11.8 Å². The van der Waals surface area contributed by atoms with Crippen molar-refractivity contribution in [2.24, 2.45) is 11.8 Å². The van der Waals surface area contributed by atoms with E-state index in [0.29, 0.717) is 38.1 Å². The van der Waals surface area contributed by atoms with E-state index in [0.717, 1.165) is 0 Å². The Morgan fingerprint density at radius 2 is 1.17 bits per heavy atom. The molecule has 1 heterocycles. The van der Waals surface area contributed by atoms with E-state index in [1.165, 1.54) is 25.7 Å². The van der Waals surface area contributed by atoms with E-state index >= 15 is 0 Å². The summed E-state index contributed by atoms with van der Waals surface area (Å²) in [4.78, 5) is 28.4. The molecule has 24 heavy (non-hydrogen) atoms. The molecule has 6 nitrogen and oxygen atoms in total. The fraction of sp³-hybridized carbons (Fsp3) is 0.889. The summed E-state index contributed by atoms with van der Waals surface area (Å²) in [7, 11) is 0. The third kappa shape index (κ3) is 4.93. The zero-order valence-electron chi connectivity index (χ0n) is 14.9. The number of piperazine rings is 1. The molecule has 0 spiro atoms. The lowest BCUT2D eigenvalue weighted by Crippen LogP contribution is -2.60. The highest BCUT2D eigenvalue weighted by Gasteiger charge is 2.34. The minimum Gasteiger partial charge on any atom is -0.371 e. The maximum Gasteiger partial charge on any atom is 0.248 e. The molecule has 2 saturated carbocycles. The van der Waals surface area contributed by atoms with E-state index in [1.807, 2.05) is 23.6 Å². The first-order valence-corrected chi connectivity index (χ1v) is 9.29. The number of carbonyl (C=O) groups is 2. The highest BCUT2D eigenvalue weighted by atomic mass is 16.5. The number of hydrogen-bond donors (Lipinski definition) is 0. The van der Waals surface area contributed by atoms with E-state index in [1.54, 1.807) is 0 Å². The number of hydrogen-bond acceptors (Lipinski definition) is 4. The highest BCUT2D eigenvalue weighted by Crippen LogP contribution is 2.29. The van der Waals surface area contributed by atoms with Crippen LogP contribution in [0.5, 0.6) is 0 Å². The van der Waals surface area contributed by atoms with Crippen LogP contribution in [0.2, 0.25) is 0 Å². The summed E-state index contributed by atoms with van der Waals surface area (Å²) in [6.45, 7) is 6.85. The molecule has 6 heteroatoms. The van der Waals surface area contributed by atoms with Crippen LogP contribution in [0.4, 0.5) is 0 Å². The topological polar surface area (TPSA) is 59.1 Å². The van der Waals surface area contributed by atoms with Crippen molar-refractivity contribution >= 4 is 11.8 Å². The number of nitrogens with zero attached hydrogens (tertiary/aromatic N) is 2. The van der Waals surface area contributed by atoms with Crippen molar-refractivity contribution in [3.05, 3.63) is 0 Å². The van der Waals surface area contributed by atoms with E-state index < -0.39 is 0 Å². The molecular formula is C18H30N2O4. The lowest BCUT2D eigenvalue weighted by Gasteiger charge is -2.44. The minimum atomic E-state index is 0.0191. The van der Waals surface area contributed by atoms with Crippen LogP contribution < -0.4 is 0 Å². The zero-order chi connectivity index (χ0) is 17.1. The molecule has 3 rings (SSSR count). The number of amides is 2. The van der Waals surface area contributed by atoms with Gasteiger partial charge in [0.25, 0.3) is 0 Å². The van der Waals surface area contributed by atoms with Crippen LogP contribution in [-0.4, -0.2) is 73.2 Å². The van der Waals surface area contributed by atoms with Gasteiger partial charge in [-0.25, -0.2) is 0 Å². The van der Waals surface area contributed by atoms with Crippen LogP contribution in [0.3, 0.4) is 0 Å². The molecular weight excluding hydrogens is 308 g/mol. The first-order chi connectivity index (χ1) is 11.5. The summed E-state index contributed by atoms with van der Waals surface area (Å²) in [6, 6.07) is 0.0382. The maximum absolute atomic E-state index is 12.4. The molecule has 2 amide bonds. The first-order valence-electron chi connectivity index (χ1n) is 9.29. The molecule has 0 bridgehead atoms. The summed E-state index contributed by atoms with van der Waals surface area (Å²) in [5.74, 6) is 1.40. The summed E-state index contributed by atoms with van der Waals surface area (Å²) in [6.07, 6.45) is 4.91. The molecule has 1 aliphatic heterocycles. The molecule has 2 atom stereocenters. The van der Waals surface area contributed by atoms with Gasteiger partial charge in [-0.1, -0.05) is 0 Å². The predicted octanol–water partition coefficient (Wildman–Crippen LogP) is 1.29. The van der Waals surface area contributed by atoms with E-state index in [2.05, 4.69) is 0 Å². The van der Waals surface area contributed by atoms with Crippen molar-refractivity contribution in [2.45, 2.75) is 51.6 Å². The average Bonchev–Trinajstić information content (AvgIpc) is 3.43. The van der Waals surface area contributed by atoms with Crippen molar-refractivity contribution in [3.63, 3.8) is 0 Å². The summed E-state index contributed by atoms with van der Waals surface area (Å²) in [5.41, 5.74) is 0. The Bertz CT molecular complexity index is 420. The molecule has 3 fully saturated rings. The minimum absolute atomic E-state index is 0.0191. The van der Waals surface area contributed by atoms with Gasteiger partial charge in [0, 0.05) is 25.2 Å². The molecule has 3 aliphatic rings. The standard InChI is InChI=1S/C18H30N2O4/c1-13-7-20(18(22)12-24-10-16-5-6-16)14(2)8-19(13)17(21)11-23-9-15-3-4-15/h13-16H,3-12H2,1-2H3/t13-,14-/m1/s1. The van der Waals surface area contributed by atoms with Crippen LogP contribution in [0.15, 0.2) is 0 Å². The Morgan fingerprint density at radius 3 is 1.50 bits per heavy atom. The normalized spacial score (nSPS) is 27.4. The number of rotatable bonds is 8. The monoisotopic (exact) mass is 338 g/mol. The fourth-order valence-corrected chi connectivity index (χ4v) is 3.18. The molecule has 1 saturated heterocycles. The quantitative estimate of drug-likeness (QED) is 0.669. The third-order valence-corrected chi connectivity index (χ3v) is 5.18. The second-order valence-electron chi connectivity index (χ2n) is 7.71. The molecule has 0 radical (unpaired) electrons. The molecule has 0 unspecified atom stereocenters. The van der Waals surface area contributed by atoms with Crippen LogP contribution in [-0.2, 0) is 19.1 Å². The van der Waals surface area contributed by atoms with E-state index in [4.69, 9.17) is 9.47 Å². The van der Waals surface area contributed by atoms with Crippen LogP contribution in [0.1, 0.15) is 39.5 Å². The lowest BCUT2D eigenvalue weighted by atomic mass is 10.1. The van der Waals surface area contributed by atoms with Gasteiger partial charge < -0.3 is 19.3 Å². The smallest absolute Gasteiger partial charge is 0.248 e. The van der Waals surface area contributed by atoms with Crippen molar-refractivity contribution < 1.29 is 19.1 Å². The Hall–Kier alpha value is -1.14. The number of carbonyl (C=O) groups excluding carboxylic acids is 2. The fourth-order valence-electron chi connectivity index (χ4n) is 3.18. The van der Waals surface area contributed by atoms with E-state index in [-0.39, 0.29) is 37.1 Å². The van der Waals surface area contributed by atoms with Crippen LogP contribution >= 0.6 is 0 Å².